The molecule has 0 aliphatic heterocycles. The highest BCUT2D eigenvalue weighted by atomic mass is 79.9. The molecule has 4 nitrogen and oxygen atoms in total. The summed E-state index contributed by atoms with van der Waals surface area (Å²) < 4.78 is 0.882. The summed E-state index contributed by atoms with van der Waals surface area (Å²) in [4.78, 5) is 11.9. The standard InChI is InChI=1S/C12H18BrN3O/c1-6-4-9(13)5-10(11(6)15)16-12(17)7(2)8(3)14/h4-5,7-8H,14-15H2,1-3H3,(H,16,17). The van der Waals surface area contributed by atoms with Gasteiger partial charge in [-0.15, -0.1) is 0 Å². The number of amides is 1. The zero-order chi connectivity index (χ0) is 13.2. The van der Waals surface area contributed by atoms with E-state index < -0.39 is 0 Å². The van der Waals surface area contributed by atoms with Crippen LogP contribution in [0.2, 0.25) is 0 Å². The molecule has 1 rings (SSSR count). The number of benzene rings is 1. The molecule has 5 N–H and O–H groups in total. The Kier molecular flexibility index (Phi) is 4.54. The minimum absolute atomic E-state index is 0.121. The Bertz CT molecular complexity index is 432. The van der Waals surface area contributed by atoms with E-state index >= 15 is 0 Å². The molecular weight excluding hydrogens is 282 g/mol. The van der Waals surface area contributed by atoms with E-state index in [4.69, 9.17) is 11.5 Å². The summed E-state index contributed by atoms with van der Waals surface area (Å²) in [6.45, 7) is 5.49. The van der Waals surface area contributed by atoms with E-state index in [1.807, 2.05) is 13.0 Å². The molecule has 0 fully saturated rings. The molecule has 94 valence electrons. The molecule has 0 aliphatic carbocycles. The number of aryl methyl sites for hydroxylation is 1. The molecule has 0 aromatic heterocycles. The van der Waals surface area contributed by atoms with Crippen molar-refractivity contribution in [3.63, 3.8) is 0 Å². The number of halogens is 1. The van der Waals surface area contributed by atoms with E-state index in [9.17, 15) is 4.79 Å². The molecule has 0 aliphatic rings. The summed E-state index contributed by atoms with van der Waals surface area (Å²) >= 11 is 3.37. The summed E-state index contributed by atoms with van der Waals surface area (Å²) in [5.41, 5.74) is 13.7. The van der Waals surface area contributed by atoms with Crippen molar-refractivity contribution in [2.75, 3.05) is 11.1 Å². The second kappa shape index (κ2) is 5.51. The van der Waals surface area contributed by atoms with Gasteiger partial charge in [0.15, 0.2) is 0 Å². The maximum atomic E-state index is 11.9. The maximum Gasteiger partial charge on any atom is 0.228 e. The SMILES string of the molecule is Cc1cc(Br)cc(NC(=O)C(C)C(C)N)c1N. The van der Waals surface area contributed by atoms with Gasteiger partial charge in [0.2, 0.25) is 5.91 Å². The predicted octanol–water partition coefficient (Wildman–Crippen LogP) is 2.26. The van der Waals surface area contributed by atoms with Gasteiger partial charge in [0, 0.05) is 10.5 Å². The van der Waals surface area contributed by atoms with Gasteiger partial charge in [0.25, 0.3) is 0 Å². The number of rotatable bonds is 3. The quantitative estimate of drug-likeness (QED) is 0.749. The van der Waals surface area contributed by atoms with Crippen molar-refractivity contribution in [3.05, 3.63) is 22.2 Å². The first-order valence-corrected chi connectivity index (χ1v) is 6.24. The summed E-state index contributed by atoms with van der Waals surface area (Å²) in [7, 11) is 0. The molecule has 0 bridgehead atoms. The molecule has 0 spiro atoms. The minimum atomic E-state index is -0.256. The van der Waals surface area contributed by atoms with E-state index in [0.29, 0.717) is 11.4 Å². The second-order valence-electron chi connectivity index (χ2n) is 4.32. The van der Waals surface area contributed by atoms with Crippen molar-refractivity contribution < 1.29 is 4.79 Å². The normalized spacial score (nSPS) is 14.2. The molecule has 1 aromatic rings. The molecule has 17 heavy (non-hydrogen) atoms. The Morgan fingerprint density at radius 1 is 1.41 bits per heavy atom. The van der Waals surface area contributed by atoms with Crippen LogP contribution in [-0.4, -0.2) is 11.9 Å². The Morgan fingerprint density at radius 3 is 2.53 bits per heavy atom. The fraction of sp³-hybridized carbons (Fsp3) is 0.417. The Labute approximate surface area is 110 Å². The highest BCUT2D eigenvalue weighted by molar-refractivity contribution is 9.10. The molecular formula is C12H18BrN3O. The third kappa shape index (κ3) is 3.44. The molecule has 1 aromatic carbocycles. The topological polar surface area (TPSA) is 81.1 Å². The van der Waals surface area contributed by atoms with Gasteiger partial charge in [-0.25, -0.2) is 0 Å². The lowest BCUT2D eigenvalue weighted by atomic mass is 10.0. The van der Waals surface area contributed by atoms with Crippen LogP contribution in [0.1, 0.15) is 19.4 Å². The van der Waals surface area contributed by atoms with E-state index in [1.54, 1.807) is 19.9 Å². The van der Waals surface area contributed by atoms with Crippen LogP contribution in [0, 0.1) is 12.8 Å². The first-order chi connectivity index (χ1) is 7.82. The van der Waals surface area contributed by atoms with Gasteiger partial charge in [0.1, 0.15) is 0 Å². The second-order valence-corrected chi connectivity index (χ2v) is 5.24. The zero-order valence-corrected chi connectivity index (χ0v) is 11.8. The molecule has 0 radical (unpaired) electrons. The molecule has 0 heterocycles. The number of anilines is 2. The summed E-state index contributed by atoms with van der Waals surface area (Å²) in [6.07, 6.45) is 0. The number of nitrogens with one attached hydrogen (secondary N) is 1. The van der Waals surface area contributed by atoms with Crippen LogP contribution >= 0.6 is 15.9 Å². The van der Waals surface area contributed by atoms with Crippen LogP contribution in [0.4, 0.5) is 11.4 Å². The number of carbonyl (C=O) groups is 1. The van der Waals surface area contributed by atoms with E-state index in [1.165, 1.54) is 0 Å². The molecule has 2 atom stereocenters. The lowest BCUT2D eigenvalue weighted by Gasteiger charge is -2.17. The summed E-state index contributed by atoms with van der Waals surface area (Å²) in [5, 5.41) is 2.80. The fourth-order valence-corrected chi connectivity index (χ4v) is 1.92. The van der Waals surface area contributed by atoms with Crippen molar-refractivity contribution in [2.24, 2.45) is 11.7 Å². The van der Waals surface area contributed by atoms with Crippen LogP contribution < -0.4 is 16.8 Å². The predicted molar refractivity (Wildman–Crippen MR) is 74.7 cm³/mol. The van der Waals surface area contributed by atoms with E-state index in [0.717, 1.165) is 10.0 Å². The highest BCUT2D eigenvalue weighted by Gasteiger charge is 2.18. The van der Waals surface area contributed by atoms with Crippen LogP contribution in [-0.2, 0) is 4.79 Å². The molecule has 2 unspecified atom stereocenters. The van der Waals surface area contributed by atoms with Gasteiger partial charge < -0.3 is 16.8 Å². The van der Waals surface area contributed by atoms with Crippen molar-refractivity contribution >= 4 is 33.2 Å². The van der Waals surface area contributed by atoms with Crippen molar-refractivity contribution in [1.29, 1.82) is 0 Å². The van der Waals surface area contributed by atoms with Crippen molar-refractivity contribution in [3.8, 4) is 0 Å². The van der Waals surface area contributed by atoms with E-state index in [2.05, 4.69) is 21.2 Å². The van der Waals surface area contributed by atoms with Gasteiger partial charge in [-0.05, 0) is 31.5 Å². The Morgan fingerprint density at radius 2 is 2.00 bits per heavy atom. The van der Waals surface area contributed by atoms with Crippen molar-refractivity contribution in [1.82, 2.24) is 0 Å². The number of nitrogens with two attached hydrogens (primary N) is 2. The van der Waals surface area contributed by atoms with E-state index in [-0.39, 0.29) is 17.9 Å². The average Bonchev–Trinajstić information content (AvgIpc) is 2.23. The number of nitrogen functional groups attached to an aromatic ring is 1. The highest BCUT2D eigenvalue weighted by Crippen LogP contribution is 2.27. The minimum Gasteiger partial charge on any atom is -0.397 e. The third-order valence-corrected chi connectivity index (χ3v) is 3.27. The summed E-state index contributed by atoms with van der Waals surface area (Å²) in [5.74, 6) is -0.377. The van der Waals surface area contributed by atoms with Gasteiger partial charge in [-0.2, -0.15) is 0 Å². The molecule has 0 saturated carbocycles. The molecule has 0 saturated heterocycles. The first-order valence-electron chi connectivity index (χ1n) is 5.45. The average molecular weight is 300 g/mol. The van der Waals surface area contributed by atoms with Gasteiger partial charge in [0.05, 0.1) is 17.3 Å². The Hall–Kier alpha value is -1.07. The number of carbonyl (C=O) groups excluding carboxylic acids is 1. The first kappa shape index (κ1) is 14.0. The largest absolute Gasteiger partial charge is 0.397 e. The number of hydrogen-bond donors (Lipinski definition) is 3. The van der Waals surface area contributed by atoms with Gasteiger partial charge >= 0.3 is 0 Å². The summed E-state index contributed by atoms with van der Waals surface area (Å²) in [6, 6.07) is 3.50. The fourth-order valence-electron chi connectivity index (χ4n) is 1.34. The lowest BCUT2D eigenvalue weighted by molar-refractivity contribution is -0.119. The maximum absolute atomic E-state index is 11.9. The van der Waals surface area contributed by atoms with Crippen LogP contribution in [0.5, 0.6) is 0 Å². The Balaban J connectivity index is 2.92. The van der Waals surface area contributed by atoms with Crippen LogP contribution in [0.3, 0.4) is 0 Å². The number of hydrogen-bond acceptors (Lipinski definition) is 3. The smallest absolute Gasteiger partial charge is 0.228 e. The molecule has 1 amide bonds. The lowest BCUT2D eigenvalue weighted by Crippen LogP contribution is -2.34. The van der Waals surface area contributed by atoms with Crippen LogP contribution in [0.15, 0.2) is 16.6 Å². The monoisotopic (exact) mass is 299 g/mol. The molecule has 5 heteroatoms. The zero-order valence-electron chi connectivity index (χ0n) is 10.3. The van der Waals surface area contributed by atoms with Crippen molar-refractivity contribution in [2.45, 2.75) is 26.8 Å². The van der Waals surface area contributed by atoms with Crippen LogP contribution in [0.25, 0.3) is 0 Å². The van der Waals surface area contributed by atoms with Gasteiger partial charge in [-0.3, -0.25) is 4.79 Å². The third-order valence-electron chi connectivity index (χ3n) is 2.81. The van der Waals surface area contributed by atoms with Gasteiger partial charge in [-0.1, -0.05) is 22.9 Å².